The number of carbonyl (C=O) groups excluding carboxylic acids is 1. The molecule has 25 heavy (non-hydrogen) atoms. The van der Waals surface area contributed by atoms with Crippen LogP contribution in [0.15, 0.2) is 24.3 Å². The minimum atomic E-state index is -0.0937. The van der Waals surface area contributed by atoms with Gasteiger partial charge >= 0.3 is 6.03 Å². The topological polar surface area (TPSA) is 56.8 Å². The Morgan fingerprint density at radius 3 is 2.76 bits per heavy atom. The van der Waals surface area contributed by atoms with Crippen LogP contribution < -0.4 is 15.4 Å². The van der Waals surface area contributed by atoms with Gasteiger partial charge in [0.1, 0.15) is 12.4 Å². The summed E-state index contributed by atoms with van der Waals surface area (Å²) in [5.41, 5.74) is 1.16. The summed E-state index contributed by atoms with van der Waals surface area (Å²) in [6.07, 6.45) is 1.81. The summed E-state index contributed by atoms with van der Waals surface area (Å²) < 4.78 is 5.71. The van der Waals surface area contributed by atoms with Gasteiger partial charge in [-0.3, -0.25) is 0 Å². The van der Waals surface area contributed by atoms with E-state index in [0.717, 1.165) is 63.4 Å². The van der Waals surface area contributed by atoms with Gasteiger partial charge in [0.25, 0.3) is 0 Å². The van der Waals surface area contributed by atoms with Crippen LogP contribution in [-0.2, 0) is 6.42 Å². The molecule has 1 aromatic carbocycles. The molecular formula is C19H30N4O2. The number of nitrogens with one attached hydrogen (secondary N) is 2. The molecule has 0 aliphatic carbocycles. The molecule has 2 heterocycles. The standard InChI is InChI=1S/C19H30N4O2/c1-2-22-10-12-23(13-11-22)9-5-8-20-19(24)21-17-14-16-6-3-4-7-18(16)25-15-17/h3-4,6-7,17H,2,5,8-15H2,1H3,(H2,20,21,24)/t17-/m1/s1. The Balaban J connectivity index is 1.29. The van der Waals surface area contributed by atoms with Crippen molar-refractivity contribution in [3.63, 3.8) is 0 Å². The number of fused-ring (bicyclic) bond motifs is 1. The molecular weight excluding hydrogens is 316 g/mol. The summed E-state index contributed by atoms with van der Waals surface area (Å²) >= 11 is 0. The average Bonchev–Trinajstić information content (AvgIpc) is 2.65. The molecule has 0 spiro atoms. The van der Waals surface area contributed by atoms with Crippen molar-refractivity contribution in [2.75, 3.05) is 52.4 Å². The highest BCUT2D eigenvalue weighted by atomic mass is 16.5. The summed E-state index contributed by atoms with van der Waals surface area (Å²) in [4.78, 5) is 17.0. The van der Waals surface area contributed by atoms with Crippen LogP contribution >= 0.6 is 0 Å². The second-order valence-corrected chi connectivity index (χ2v) is 6.85. The number of para-hydroxylation sites is 1. The van der Waals surface area contributed by atoms with Gasteiger partial charge in [0.2, 0.25) is 0 Å². The molecule has 138 valence electrons. The Morgan fingerprint density at radius 2 is 1.96 bits per heavy atom. The van der Waals surface area contributed by atoms with E-state index in [1.807, 2.05) is 18.2 Å². The molecule has 3 rings (SSSR count). The predicted molar refractivity (Wildman–Crippen MR) is 99.1 cm³/mol. The molecule has 2 aliphatic heterocycles. The molecule has 1 saturated heterocycles. The maximum absolute atomic E-state index is 12.1. The van der Waals surface area contributed by atoms with E-state index in [4.69, 9.17) is 4.74 Å². The van der Waals surface area contributed by atoms with Crippen LogP contribution in [0.1, 0.15) is 18.9 Å². The van der Waals surface area contributed by atoms with Crippen LogP contribution in [0.3, 0.4) is 0 Å². The second kappa shape index (κ2) is 9.06. The van der Waals surface area contributed by atoms with Crippen LogP contribution in [-0.4, -0.2) is 74.3 Å². The molecule has 2 aliphatic rings. The Labute approximate surface area is 150 Å². The highest BCUT2D eigenvalue weighted by Gasteiger charge is 2.21. The highest BCUT2D eigenvalue weighted by molar-refractivity contribution is 5.74. The number of ether oxygens (including phenoxy) is 1. The highest BCUT2D eigenvalue weighted by Crippen LogP contribution is 2.23. The van der Waals surface area contributed by atoms with Crippen molar-refractivity contribution in [2.45, 2.75) is 25.8 Å². The maximum Gasteiger partial charge on any atom is 0.315 e. The molecule has 2 amide bonds. The van der Waals surface area contributed by atoms with Crippen molar-refractivity contribution in [3.8, 4) is 5.75 Å². The fraction of sp³-hybridized carbons (Fsp3) is 0.632. The van der Waals surface area contributed by atoms with Crippen LogP contribution in [0.25, 0.3) is 0 Å². The van der Waals surface area contributed by atoms with Gasteiger partial charge in [-0.1, -0.05) is 25.1 Å². The van der Waals surface area contributed by atoms with E-state index < -0.39 is 0 Å². The van der Waals surface area contributed by atoms with Crippen molar-refractivity contribution in [3.05, 3.63) is 29.8 Å². The SMILES string of the molecule is CCN1CCN(CCCNC(=O)N[C@H]2COc3ccccc3C2)CC1. The molecule has 1 fully saturated rings. The molecule has 2 N–H and O–H groups in total. The molecule has 0 unspecified atom stereocenters. The lowest BCUT2D eigenvalue weighted by atomic mass is 10.0. The molecule has 1 aromatic rings. The van der Waals surface area contributed by atoms with Crippen LogP contribution in [0.4, 0.5) is 4.79 Å². The predicted octanol–water partition coefficient (Wildman–Crippen LogP) is 1.32. The van der Waals surface area contributed by atoms with Crippen LogP contribution in [0.5, 0.6) is 5.75 Å². The lowest BCUT2D eigenvalue weighted by Gasteiger charge is -2.34. The summed E-state index contributed by atoms with van der Waals surface area (Å²) in [6, 6.07) is 7.96. The molecule has 6 nitrogen and oxygen atoms in total. The number of piperazine rings is 1. The quantitative estimate of drug-likeness (QED) is 0.763. The monoisotopic (exact) mass is 346 g/mol. The number of benzene rings is 1. The second-order valence-electron chi connectivity index (χ2n) is 6.85. The van der Waals surface area contributed by atoms with Gasteiger partial charge in [-0.2, -0.15) is 0 Å². The van der Waals surface area contributed by atoms with Gasteiger partial charge in [-0.15, -0.1) is 0 Å². The van der Waals surface area contributed by atoms with Crippen molar-refractivity contribution < 1.29 is 9.53 Å². The van der Waals surface area contributed by atoms with E-state index in [9.17, 15) is 4.79 Å². The van der Waals surface area contributed by atoms with Gasteiger partial charge < -0.3 is 25.2 Å². The van der Waals surface area contributed by atoms with E-state index >= 15 is 0 Å². The van der Waals surface area contributed by atoms with Crippen molar-refractivity contribution in [1.29, 1.82) is 0 Å². The van der Waals surface area contributed by atoms with Crippen LogP contribution in [0.2, 0.25) is 0 Å². The first kappa shape index (κ1) is 18.0. The first-order chi connectivity index (χ1) is 12.2. The minimum absolute atomic E-state index is 0.0389. The lowest BCUT2D eigenvalue weighted by molar-refractivity contribution is 0.136. The fourth-order valence-corrected chi connectivity index (χ4v) is 3.49. The van der Waals surface area contributed by atoms with Gasteiger partial charge in [0.15, 0.2) is 0 Å². The van der Waals surface area contributed by atoms with E-state index in [0.29, 0.717) is 13.2 Å². The Morgan fingerprint density at radius 1 is 1.20 bits per heavy atom. The Kier molecular flexibility index (Phi) is 6.53. The van der Waals surface area contributed by atoms with E-state index in [-0.39, 0.29) is 12.1 Å². The number of likely N-dealkylation sites (N-methyl/N-ethyl adjacent to an activating group) is 1. The van der Waals surface area contributed by atoms with Crippen LogP contribution in [0, 0.1) is 0 Å². The van der Waals surface area contributed by atoms with Crippen molar-refractivity contribution in [2.24, 2.45) is 0 Å². The lowest BCUT2D eigenvalue weighted by Crippen LogP contribution is -2.48. The molecule has 1 atom stereocenters. The number of hydrogen-bond acceptors (Lipinski definition) is 4. The van der Waals surface area contributed by atoms with E-state index in [2.05, 4.69) is 33.4 Å². The maximum atomic E-state index is 12.1. The number of nitrogens with zero attached hydrogens (tertiary/aromatic N) is 2. The fourth-order valence-electron chi connectivity index (χ4n) is 3.49. The molecule has 0 radical (unpaired) electrons. The van der Waals surface area contributed by atoms with E-state index in [1.165, 1.54) is 0 Å². The largest absolute Gasteiger partial charge is 0.491 e. The number of amides is 2. The van der Waals surface area contributed by atoms with Crippen molar-refractivity contribution in [1.82, 2.24) is 20.4 Å². The third kappa shape index (κ3) is 5.34. The number of hydrogen-bond donors (Lipinski definition) is 2. The summed E-state index contributed by atoms with van der Waals surface area (Å²) in [7, 11) is 0. The Bertz CT molecular complexity index is 558. The molecule has 0 saturated carbocycles. The first-order valence-electron chi connectivity index (χ1n) is 9.44. The minimum Gasteiger partial charge on any atom is -0.491 e. The molecule has 0 bridgehead atoms. The zero-order chi connectivity index (χ0) is 17.5. The molecule has 0 aromatic heterocycles. The van der Waals surface area contributed by atoms with Gasteiger partial charge in [0, 0.05) is 32.7 Å². The van der Waals surface area contributed by atoms with Gasteiger partial charge in [-0.25, -0.2) is 4.79 Å². The number of rotatable bonds is 6. The van der Waals surface area contributed by atoms with Gasteiger partial charge in [0.05, 0.1) is 6.04 Å². The number of carbonyl (C=O) groups is 1. The third-order valence-corrected chi connectivity index (χ3v) is 5.06. The van der Waals surface area contributed by atoms with E-state index in [1.54, 1.807) is 0 Å². The summed E-state index contributed by atoms with van der Waals surface area (Å²) in [5, 5.41) is 5.99. The molecule has 6 heteroatoms. The zero-order valence-corrected chi connectivity index (χ0v) is 15.2. The summed E-state index contributed by atoms with van der Waals surface area (Å²) in [6.45, 7) is 10.3. The number of urea groups is 1. The normalized spacial score (nSPS) is 21.2. The summed E-state index contributed by atoms with van der Waals surface area (Å²) in [5.74, 6) is 0.934. The first-order valence-corrected chi connectivity index (χ1v) is 9.44. The zero-order valence-electron chi connectivity index (χ0n) is 15.2. The smallest absolute Gasteiger partial charge is 0.315 e. The van der Waals surface area contributed by atoms with Crippen molar-refractivity contribution >= 4 is 6.03 Å². The van der Waals surface area contributed by atoms with Gasteiger partial charge in [-0.05, 0) is 37.6 Å². The average molecular weight is 346 g/mol. The Hall–Kier alpha value is -1.79. The third-order valence-electron chi connectivity index (χ3n) is 5.06.